The lowest BCUT2D eigenvalue weighted by molar-refractivity contribution is -0.175. The molecule has 0 aromatic heterocycles. The van der Waals surface area contributed by atoms with Gasteiger partial charge in [-0.3, -0.25) is 0 Å². The van der Waals surface area contributed by atoms with E-state index >= 15 is 0 Å². The summed E-state index contributed by atoms with van der Waals surface area (Å²) in [5.41, 5.74) is -1.25. The van der Waals surface area contributed by atoms with Crippen molar-refractivity contribution in [1.82, 2.24) is 0 Å². The van der Waals surface area contributed by atoms with Crippen molar-refractivity contribution in [3.63, 3.8) is 0 Å². The maximum Gasteiger partial charge on any atom is 0.338 e. The van der Waals surface area contributed by atoms with E-state index < -0.39 is 11.6 Å². The lowest BCUT2D eigenvalue weighted by Gasteiger charge is -2.39. The van der Waals surface area contributed by atoms with E-state index in [0.29, 0.717) is 18.9 Å². The molecule has 1 saturated carbocycles. The van der Waals surface area contributed by atoms with Crippen molar-refractivity contribution in [2.24, 2.45) is 11.8 Å². The highest BCUT2D eigenvalue weighted by Gasteiger charge is 2.45. The standard InChI is InChI=1S/C15H28O3/c1-4-10-15(17,14(16)18-6-3)13-9-7-8-12(5-2)11-13/h12-13,17H,4-11H2,1-3H3. The number of aliphatic hydroxyl groups is 1. The summed E-state index contributed by atoms with van der Waals surface area (Å²) in [5.74, 6) is 0.324. The van der Waals surface area contributed by atoms with Crippen LogP contribution in [0.15, 0.2) is 0 Å². The Balaban J connectivity index is 2.78. The van der Waals surface area contributed by atoms with Crippen molar-refractivity contribution in [2.45, 2.75) is 71.3 Å². The fraction of sp³-hybridized carbons (Fsp3) is 0.933. The van der Waals surface area contributed by atoms with Crippen molar-refractivity contribution >= 4 is 5.97 Å². The summed E-state index contributed by atoms with van der Waals surface area (Å²) in [6.07, 6.45) is 6.74. The summed E-state index contributed by atoms with van der Waals surface area (Å²) in [5, 5.41) is 10.8. The molecule has 0 aromatic rings. The molecule has 0 heterocycles. The van der Waals surface area contributed by atoms with E-state index in [4.69, 9.17) is 4.74 Å². The van der Waals surface area contributed by atoms with E-state index in [1.54, 1.807) is 6.92 Å². The van der Waals surface area contributed by atoms with Crippen LogP contribution in [0.5, 0.6) is 0 Å². The van der Waals surface area contributed by atoms with Gasteiger partial charge >= 0.3 is 5.97 Å². The average molecular weight is 256 g/mol. The van der Waals surface area contributed by atoms with Gasteiger partial charge in [-0.1, -0.05) is 39.5 Å². The molecule has 1 rings (SSSR count). The molecule has 3 nitrogen and oxygen atoms in total. The third-order valence-corrected chi connectivity index (χ3v) is 4.30. The maximum atomic E-state index is 12.1. The highest BCUT2D eigenvalue weighted by Crippen LogP contribution is 2.39. The van der Waals surface area contributed by atoms with Crippen molar-refractivity contribution in [1.29, 1.82) is 0 Å². The van der Waals surface area contributed by atoms with Gasteiger partial charge in [-0.15, -0.1) is 0 Å². The van der Waals surface area contributed by atoms with Crippen molar-refractivity contribution in [3.05, 3.63) is 0 Å². The van der Waals surface area contributed by atoms with Gasteiger partial charge in [0, 0.05) is 0 Å². The molecule has 18 heavy (non-hydrogen) atoms. The number of rotatable bonds is 6. The van der Waals surface area contributed by atoms with Crippen LogP contribution in [0.4, 0.5) is 0 Å². The van der Waals surface area contributed by atoms with Gasteiger partial charge in [0.15, 0.2) is 5.60 Å². The smallest absolute Gasteiger partial charge is 0.338 e. The lowest BCUT2D eigenvalue weighted by atomic mass is 9.70. The predicted molar refractivity (Wildman–Crippen MR) is 72.2 cm³/mol. The Kier molecular flexibility index (Phi) is 6.13. The maximum absolute atomic E-state index is 12.1. The summed E-state index contributed by atoms with van der Waals surface area (Å²) >= 11 is 0. The molecule has 1 aliphatic carbocycles. The minimum atomic E-state index is -1.25. The Bertz CT molecular complexity index is 264. The third-order valence-electron chi connectivity index (χ3n) is 4.30. The van der Waals surface area contributed by atoms with Crippen LogP contribution in [-0.2, 0) is 9.53 Å². The second-order valence-electron chi connectivity index (χ2n) is 5.53. The van der Waals surface area contributed by atoms with Gasteiger partial charge in [-0.2, -0.15) is 0 Å². The van der Waals surface area contributed by atoms with E-state index in [-0.39, 0.29) is 5.92 Å². The summed E-state index contributed by atoms with van der Waals surface area (Å²) in [7, 11) is 0. The van der Waals surface area contributed by atoms with E-state index in [1.165, 1.54) is 6.42 Å². The fourth-order valence-corrected chi connectivity index (χ4v) is 3.21. The molecular formula is C15H28O3. The number of hydrogen-bond acceptors (Lipinski definition) is 3. The summed E-state index contributed by atoms with van der Waals surface area (Å²) in [6.45, 7) is 6.33. The lowest BCUT2D eigenvalue weighted by Crippen LogP contribution is -2.48. The zero-order valence-corrected chi connectivity index (χ0v) is 12.1. The van der Waals surface area contributed by atoms with E-state index in [9.17, 15) is 9.90 Å². The molecule has 3 heteroatoms. The molecule has 3 atom stereocenters. The summed E-state index contributed by atoms with van der Waals surface area (Å²) in [6, 6.07) is 0. The fourth-order valence-electron chi connectivity index (χ4n) is 3.21. The van der Waals surface area contributed by atoms with E-state index in [1.807, 2.05) is 6.92 Å². The zero-order chi connectivity index (χ0) is 13.6. The number of esters is 1. The molecule has 0 amide bonds. The Morgan fingerprint density at radius 3 is 2.61 bits per heavy atom. The minimum absolute atomic E-state index is 0.0789. The SMILES string of the molecule is CCCC(O)(C(=O)OCC)C1CCCC(CC)C1. The Labute approximate surface area is 111 Å². The van der Waals surface area contributed by atoms with Crippen LogP contribution in [0, 0.1) is 11.8 Å². The van der Waals surface area contributed by atoms with Crippen LogP contribution in [0.2, 0.25) is 0 Å². The van der Waals surface area contributed by atoms with Crippen molar-refractivity contribution in [2.75, 3.05) is 6.61 Å². The van der Waals surface area contributed by atoms with Crippen LogP contribution in [0.1, 0.15) is 65.7 Å². The molecule has 0 aromatic carbocycles. The molecule has 0 spiro atoms. The van der Waals surface area contributed by atoms with Crippen LogP contribution in [0.25, 0.3) is 0 Å². The molecule has 1 aliphatic rings. The molecule has 0 saturated heterocycles. The first-order valence-electron chi connectivity index (χ1n) is 7.48. The Morgan fingerprint density at radius 2 is 2.06 bits per heavy atom. The monoisotopic (exact) mass is 256 g/mol. The van der Waals surface area contributed by atoms with Crippen molar-refractivity contribution < 1.29 is 14.6 Å². The van der Waals surface area contributed by atoms with Gasteiger partial charge in [-0.05, 0) is 38.0 Å². The van der Waals surface area contributed by atoms with Crippen LogP contribution in [-0.4, -0.2) is 23.3 Å². The molecule has 0 bridgehead atoms. The molecule has 1 N–H and O–H groups in total. The second-order valence-corrected chi connectivity index (χ2v) is 5.53. The molecule has 0 aliphatic heterocycles. The second kappa shape index (κ2) is 7.13. The van der Waals surface area contributed by atoms with Crippen molar-refractivity contribution in [3.8, 4) is 0 Å². The molecule has 0 radical (unpaired) electrons. The first-order valence-corrected chi connectivity index (χ1v) is 7.48. The third kappa shape index (κ3) is 3.47. The Morgan fingerprint density at radius 1 is 1.33 bits per heavy atom. The number of hydrogen-bond donors (Lipinski definition) is 1. The van der Waals surface area contributed by atoms with Gasteiger partial charge in [0.1, 0.15) is 0 Å². The van der Waals surface area contributed by atoms with E-state index in [2.05, 4.69) is 6.92 Å². The van der Waals surface area contributed by atoms with Gasteiger partial charge < -0.3 is 9.84 Å². The summed E-state index contributed by atoms with van der Waals surface area (Å²) in [4.78, 5) is 12.1. The number of ether oxygens (including phenoxy) is 1. The van der Waals surface area contributed by atoms with E-state index in [0.717, 1.165) is 32.1 Å². The quantitative estimate of drug-likeness (QED) is 0.742. The molecule has 1 fully saturated rings. The normalized spacial score (nSPS) is 27.6. The highest BCUT2D eigenvalue weighted by molar-refractivity contribution is 5.79. The first-order chi connectivity index (χ1) is 8.58. The predicted octanol–water partition coefficient (Wildman–Crippen LogP) is 3.30. The number of carbonyl (C=O) groups is 1. The zero-order valence-electron chi connectivity index (χ0n) is 12.1. The number of carbonyl (C=O) groups excluding carboxylic acids is 1. The first kappa shape index (κ1) is 15.5. The molecule has 106 valence electrons. The van der Waals surface area contributed by atoms with Crippen LogP contribution >= 0.6 is 0 Å². The van der Waals surface area contributed by atoms with Crippen LogP contribution < -0.4 is 0 Å². The Hall–Kier alpha value is -0.570. The average Bonchev–Trinajstić information content (AvgIpc) is 2.39. The topological polar surface area (TPSA) is 46.5 Å². The van der Waals surface area contributed by atoms with Gasteiger partial charge in [0.2, 0.25) is 0 Å². The highest BCUT2D eigenvalue weighted by atomic mass is 16.5. The molecular weight excluding hydrogens is 228 g/mol. The summed E-state index contributed by atoms with van der Waals surface area (Å²) < 4.78 is 5.09. The van der Waals surface area contributed by atoms with Gasteiger partial charge in [0.25, 0.3) is 0 Å². The van der Waals surface area contributed by atoms with Crippen LogP contribution in [0.3, 0.4) is 0 Å². The molecule has 3 unspecified atom stereocenters. The minimum Gasteiger partial charge on any atom is -0.464 e. The van der Waals surface area contributed by atoms with Gasteiger partial charge in [-0.25, -0.2) is 4.79 Å². The van der Waals surface area contributed by atoms with Gasteiger partial charge in [0.05, 0.1) is 6.61 Å². The largest absolute Gasteiger partial charge is 0.464 e.